The van der Waals surface area contributed by atoms with Gasteiger partial charge in [0.05, 0.1) is 31.1 Å². The molecule has 0 N–H and O–H groups in total. The molecular formula is C27H26ClP. The van der Waals surface area contributed by atoms with Gasteiger partial charge in [-0.25, -0.2) is 0 Å². The topological polar surface area (TPSA) is 0 Å². The third-order valence-corrected chi connectivity index (χ3v) is 9.59. The Labute approximate surface area is 181 Å². The third-order valence-electron chi connectivity index (χ3n) is 5.29. The highest BCUT2D eigenvalue weighted by atomic mass is 35.5. The molecule has 0 bridgehead atoms. The maximum atomic E-state index is 2.35. The summed E-state index contributed by atoms with van der Waals surface area (Å²) in [4.78, 5) is 0. The number of benzene rings is 4. The second kappa shape index (κ2) is 10.4. The Hall–Kier alpha value is -2.40. The van der Waals surface area contributed by atoms with E-state index in [2.05, 4.69) is 121 Å². The summed E-state index contributed by atoms with van der Waals surface area (Å²) < 4.78 is 0. The van der Waals surface area contributed by atoms with Crippen molar-refractivity contribution in [3.8, 4) is 0 Å². The molecule has 0 saturated carbocycles. The van der Waals surface area contributed by atoms with E-state index in [1.807, 2.05) is 0 Å². The van der Waals surface area contributed by atoms with Crippen molar-refractivity contribution < 1.29 is 12.4 Å². The highest BCUT2D eigenvalue weighted by Crippen LogP contribution is 2.65. The lowest BCUT2D eigenvalue weighted by molar-refractivity contribution is -0.00000567. The van der Waals surface area contributed by atoms with Gasteiger partial charge in [0.25, 0.3) is 0 Å². The third kappa shape index (κ3) is 5.57. The Morgan fingerprint density at radius 2 is 0.655 bits per heavy atom. The Bertz CT molecular complexity index is 869. The average molecular weight is 417 g/mol. The summed E-state index contributed by atoms with van der Waals surface area (Å²) in [6.45, 7) is 0. The van der Waals surface area contributed by atoms with Gasteiger partial charge in [-0.2, -0.15) is 0 Å². The second-order valence-corrected chi connectivity index (χ2v) is 11.2. The van der Waals surface area contributed by atoms with E-state index in [1.165, 1.54) is 22.0 Å². The molecule has 146 valence electrons. The highest BCUT2D eigenvalue weighted by molar-refractivity contribution is 7.80. The molecule has 0 heterocycles. The van der Waals surface area contributed by atoms with Crippen LogP contribution >= 0.6 is 7.26 Å². The molecule has 0 aromatic heterocycles. The SMILES string of the molecule is [Cl-].c1ccc(C[P+](Cc2ccccc2)(Cc2ccccc2)c2ccccc2)cc1. The van der Waals surface area contributed by atoms with E-state index >= 15 is 0 Å². The fourth-order valence-corrected chi connectivity index (χ4v) is 8.40. The van der Waals surface area contributed by atoms with Crippen molar-refractivity contribution in [2.24, 2.45) is 0 Å². The molecule has 4 aromatic rings. The minimum absolute atomic E-state index is 0. The highest BCUT2D eigenvalue weighted by Gasteiger charge is 2.40. The largest absolute Gasteiger partial charge is 1.00 e. The molecule has 0 aliphatic rings. The van der Waals surface area contributed by atoms with E-state index in [0.717, 1.165) is 18.5 Å². The Balaban J connectivity index is 0.00000240. The van der Waals surface area contributed by atoms with Crippen molar-refractivity contribution in [3.63, 3.8) is 0 Å². The zero-order valence-corrected chi connectivity index (χ0v) is 18.1. The number of hydrogen-bond acceptors (Lipinski definition) is 0. The molecule has 0 aliphatic heterocycles. The minimum Gasteiger partial charge on any atom is -1.00 e. The van der Waals surface area contributed by atoms with Gasteiger partial charge in [0.1, 0.15) is 0 Å². The predicted molar refractivity (Wildman–Crippen MR) is 123 cm³/mol. The minimum atomic E-state index is -1.51. The molecule has 0 unspecified atom stereocenters. The fraction of sp³-hybridized carbons (Fsp3) is 0.111. The van der Waals surface area contributed by atoms with Crippen molar-refractivity contribution in [2.45, 2.75) is 18.5 Å². The molecule has 0 fully saturated rings. The predicted octanol–water partition coefficient (Wildman–Crippen LogP) is 3.93. The Morgan fingerprint density at radius 1 is 0.379 bits per heavy atom. The van der Waals surface area contributed by atoms with Crippen LogP contribution in [0.4, 0.5) is 0 Å². The van der Waals surface area contributed by atoms with Crippen molar-refractivity contribution in [3.05, 3.63) is 138 Å². The van der Waals surface area contributed by atoms with Crippen molar-refractivity contribution in [1.82, 2.24) is 0 Å². The lowest BCUT2D eigenvalue weighted by Crippen LogP contribution is -3.00. The molecule has 0 nitrogen and oxygen atoms in total. The van der Waals surface area contributed by atoms with Crippen LogP contribution in [-0.4, -0.2) is 0 Å². The zero-order chi connectivity index (χ0) is 19.1. The molecule has 4 aromatic carbocycles. The molecule has 0 aliphatic carbocycles. The first kappa shape index (κ1) is 21.3. The first-order valence-corrected chi connectivity index (χ1v) is 12.2. The molecule has 29 heavy (non-hydrogen) atoms. The van der Waals surface area contributed by atoms with Crippen LogP contribution in [0.25, 0.3) is 0 Å². The van der Waals surface area contributed by atoms with E-state index in [1.54, 1.807) is 0 Å². The smallest absolute Gasteiger partial charge is 0.0950 e. The lowest BCUT2D eigenvalue weighted by Gasteiger charge is -2.28. The van der Waals surface area contributed by atoms with E-state index in [0.29, 0.717) is 0 Å². The lowest BCUT2D eigenvalue weighted by atomic mass is 10.2. The van der Waals surface area contributed by atoms with Crippen LogP contribution in [0, 0.1) is 0 Å². The van der Waals surface area contributed by atoms with E-state index in [9.17, 15) is 0 Å². The van der Waals surface area contributed by atoms with Gasteiger partial charge in [-0.1, -0.05) is 109 Å². The second-order valence-electron chi connectivity index (χ2n) is 7.41. The molecule has 0 atom stereocenters. The van der Waals surface area contributed by atoms with Crippen LogP contribution in [-0.2, 0) is 18.5 Å². The molecule has 0 radical (unpaired) electrons. The Morgan fingerprint density at radius 3 is 0.966 bits per heavy atom. The summed E-state index contributed by atoms with van der Waals surface area (Å²) in [6, 6.07) is 44.3. The van der Waals surface area contributed by atoms with Crippen molar-refractivity contribution in [2.75, 3.05) is 0 Å². The van der Waals surface area contributed by atoms with Gasteiger partial charge >= 0.3 is 0 Å². The molecule has 4 rings (SSSR count). The number of hydrogen-bond donors (Lipinski definition) is 0. The van der Waals surface area contributed by atoms with E-state index in [4.69, 9.17) is 0 Å². The van der Waals surface area contributed by atoms with Gasteiger partial charge in [-0.05, 0) is 28.8 Å². The summed E-state index contributed by atoms with van der Waals surface area (Å²) in [7, 11) is -1.51. The fourth-order valence-electron chi connectivity index (χ4n) is 3.98. The quantitative estimate of drug-likeness (QED) is 0.400. The van der Waals surface area contributed by atoms with Gasteiger partial charge in [0, 0.05) is 0 Å². The summed E-state index contributed by atoms with van der Waals surface area (Å²) >= 11 is 0. The van der Waals surface area contributed by atoms with Crippen LogP contribution < -0.4 is 17.7 Å². The van der Waals surface area contributed by atoms with Crippen LogP contribution in [0.5, 0.6) is 0 Å². The maximum absolute atomic E-state index is 2.35. The van der Waals surface area contributed by atoms with Gasteiger partial charge in [0.15, 0.2) is 0 Å². The van der Waals surface area contributed by atoms with Crippen LogP contribution in [0.2, 0.25) is 0 Å². The maximum Gasteiger partial charge on any atom is 0.0950 e. The average Bonchev–Trinajstić information content (AvgIpc) is 2.76. The molecule has 0 saturated heterocycles. The molecular weight excluding hydrogens is 391 g/mol. The molecule has 2 heteroatoms. The van der Waals surface area contributed by atoms with Crippen LogP contribution in [0.3, 0.4) is 0 Å². The van der Waals surface area contributed by atoms with Crippen molar-refractivity contribution >= 4 is 12.6 Å². The number of rotatable bonds is 7. The molecule has 0 amide bonds. The first-order chi connectivity index (χ1) is 13.8. The summed E-state index contributed by atoms with van der Waals surface area (Å²) in [5.74, 6) is 0. The van der Waals surface area contributed by atoms with E-state index in [-0.39, 0.29) is 12.4 Å². The van der Waals surface area contributed by atoms with Gasteiger partial charge in [-0.15, -0.1) is 0 Å². The van der Waals surface area contributed by atoms with E-state index < -0.39 is 7.26 Å². The summed E-state index contributed by atoms with van der Waals surface area (Å²) in [6.07, 6.45) is 3.38. The standard InChI is InChI=1S/C27H26P.ClH/c1-5-13-24(14-6-1)21-28(27-19-11-4-12-20-27,22-25-15-7-2-8-16-25)23-26-17-9-3-10-18-26;/h1-20H,21-23H2;1H/q+1;/p-1. The number of halogens is 1. The van der Waals surface area contributed by atoms with Gasteiger partial charge in [-0.3, -0.25) is 0 Å². The normalized spacial score (nSPS) is 10.9. The molecule has 0 spiro atoms. The monoisotopic (exact) mass is 416 g/mol. The van der Waals surface area contributed by atoms with Crippen LogP contribution in [0.1, 0.15) is 16.7 Å². The van der Waals surface area contributed by atoms with Crippen molar-refractivity contribution in [1.29, 1.82) is 0 Å². The summed E-state index contributed by atoms with van der Waals surface area (Å²) in [5.41, 5.74) is 4.31. The van der Waals surface area contributed by atoms with Gasteiger partial charge in [0.2, 0.25) is 0 Å². The van der Waals surface area contributed by atoms with Gasteiger partial charge < -0.3 is 12.4 Å². The summed E-state index contributed by atoms with van der Waals surface area (Å²) in [5, 5.41) is 1.52. The Kier molecular flexibility index (Phi) is 7.64. The first-order valence-electron chi connectivity index (χ1n) is 9.88. The zero-order valence-electron chi connectivity index (χ0n) is 16.5. The van der Waals surface area contributed by atoms with Crippen LogP contribution in [0.15, 0.2) is 121 Å².